The molecule has 0 radical (unpaired) electrons. The maximum Gasteiger partial charge on any atom is 0.356 e. The van der Waals surface area contributed by atoms with E-state index in [4.69, 9.17) is 9.47 Å². The second-order valence-electron chi connectivity index (χ2n) is 8.08. The first-order valence-electron chi connectivity index (χ1n) is 10.9. The molecule has 1 saturated heterocycles. The van der Waals surface area contributed by atoms with E-state index in [9.17, 15) is 9.59 Å². The highest BCUT2D eigenvalue weighted by molar-refractivity contribution is 6.11. The number of anilines is 2. The van der Waals surface area contributed by atoms with Gasteiger partial charge in [-0.3, -0.25) is 4.79 Å². The van der Waals surface area contributed by atoms with Gasteiger partial charge in [-0.25, -0.2) is 9.78 Å². The summed E-state index contributed by atoms with van der Waals surface area (Å²) in [6.45, 7) is 3.46. The number of aryl methyl sites for hydroxylation is 1. The Morgan fingerprint density at radius 3 is 2.73 bits per heavy atom. The Hall–Kier alpha value is -2.61. The third-order valence-corrected chi connectivity index (χ3v) is 6.12. The number of nitrogens with one attached hydrogen (secondary N) is 2. The quantitative estimate of drug-likeness (QED) is 0.702. The molecule has 0 bridgehead atoms. The Morgan fingerprint density at radius 2 is 2.07 bits per heavy atom. The summed E-state index contributed by atoms with van der Waals surface area (Å²) < 4.78 is 12.2. The SMILES string of the molecule is CCn1c(C(=O)OC)c(NC(=O)[C@@H]2CCOC2)c2cc(NC3CCCCC3)cnc21. The zero-order chi connectivity index (χ0) is 21.1. The van der Waals surface area contributed by atoms with Crippen molar-refractivity contribution in [3.8, 4) is 0 Å². The van der Waals surface area contributed by atoms with Crippen LogP contribution < -0.4 is 10.6 Å². The van der Waals surface area contributed by atoms with E-state index < -0.39 is 5.97 Å². The van der Waals surface area contributed by atoms with E-state index in [2.05, 4.69) is 15.6 Å². The van der Waals surface area contributed by atoms with Crippen molar-refractivity contribution in [2.24, 2.45) is 5.92 Å². The van der Waals surface area contributed by atoms with Crippen LogP contribution in [0.15, 0.2) is 12.3 Å². The summed E-state index contributed by atoms with van der Waals surface area (Å²) in [5.74, 6) is -0.847. The lowest BCUT2D eigenvalue weighted by molar-refractivity contribution is -0.119. The molecule has 3 heterocycles. The number of rotatable bonds is 6. The van der Waals surface area contributed by atoms with Gasteiger partial charge in [0.1, 0.15) is 5.65 Å². The second-order valence-corrected chi connectivity index (χ2v) is 8.08. The Morgan fingerprint density at radius 1 is 1.27 bits per heavy atom. The molecule has 162 valence electrons. The summed E-state index contributed by atoms with van der Waals surface area (Å²) in [4.78, 5) is 30.1. The van der Waals surface area contributed by atoms with Crippen LogP contribution in [0, 0.1) is 5.92 Å². The lowest BCUT2D eigenvalue weighted by atomic mass is 9.95. The molecule has 2 fully saturated rings. The normalized spacial score (nSPS) is 19.7. The number of carbonyl (C=O) groups excluding carboxylic acids is 2. The van der Waals surface area contributed by atoms with E-state index in [0.29, 0.717) is 49.2 Å². The molecule has 0 unspecified atom stereocenters. The molecule has 8 heteroatoms. The van der Waals surface area contributed by atoms with Crippen LogP contribution in [0.4, 0.5) is 11.4 Å². The number of carbonyl (C=O) groups is 2. The van der Waals surface area contributed by atoms with Gasteiger partial charge in [-0.05, 0) is 32.3 Å². The number of pyridine rings is 1. The van der Waals surface area contributed by atoms with Gasteiger partial charge >= 0.3 is 5.97 Å². The van der Waals surface area contributed by atoms with Crippen LogP contribution in [0.25, 0.3) is 11.0 Å². The van der Waals surface area contributed by atoms with Crippen molar-refractivity contribution >= 4 is 34.3 Å². The third-order valence-electron chi connectivity index (χ3n) is 6.12. The maximum absolute atomic E-state index is 12.8. The molecule has 1 saturated carbocycles. The second kappa shape index (κ2) is 9.04. The molecule has 2 aromatic rings. The van der Waals surface area contributed by atoms with Crippen LogP contribution in [-0.4, -0.2) is 47.8 Å². The first-order valence-corrected chi connectivity index (χ1v) is 10.9. The fourth-order valence-corrected chi connectivity index (χ4v) is 4.50. The van der Waals surface area contributed by atoms with Crippen molar-refractivity contribution in [1.29, 1.82) is 0 Å². The van der Waals surface area contributed by atoms with E-state index >= 15 is 0 Å². The summed E-state index contributed by atoms with van der Waals surface area (Å²) in [6, 6.07) is 2.41. The summed E-state index contributed by atoms with van der Waals surface area (Å²) in [5.41, 5.74) is 2.35. The number of amides is 1. The largest absolute Gasteiger partial charge is 0.464 e. The van der Waals surface area contributed by atoms with Gasteiger partial charge in [0.05, 0.1) is 37.2 Å². The fourth-order valence-electron chi connectivity index (χ4n) is 4.50. The summed E-state index contributed by atoms with van der Waals surface area (Å²) in [5, 5.41) is 7.31. The van der Waals surface area contributed by atoms with Crippen molar-refractivity contribution < 1.29 is 19.1 Å². The molecule has 8 nitrogen and oxygen atoms in total. The van der Waals surface area contributed by atoms with Gasteiger partial charge in [-0.1, -0.05) is 19.3 Å². The molecule has 30 heavy (non-hydrogen) atoms. The Bertz CT molecular complexity index is 927. The Kier molecular flexibility index (Phi) is 6.22. The number of aromatic nitrogens is 2. The maximum atomic E-state index is 12.8. The minimum atomic E-state index is -0.491. The number of hydrogen-bond donors (Lipinski definition) is 2. The van der Waals surface area contributed by atoms with Gasteiger partial charge in [0.2, 0.25) is 5.91 Å². The van der Waals surface area contributed by atoms with E-state index in [0.717, 1.165) is 23.9 Å². The van der Waals surface area contributed by atoms with Crippen LogP contribution >= 0.6 is 0 Å². The van der Waals surface area contributed by atoms with Gasteiger partial charge in [-0.2, -0.15) is 0 Å². The van der Waals surface area contributed by atoms with Crippen LogP contribution in [0.3, 0.4) is 0 Å². The molecule has 1 aliphatic heterocycles. The van der Waals surface area contributed by atoms with Gasteiger partial charge in [0, 0.05) is 24.6 Å². The highest BCUT2D eigenvalue weighted by atomic mass is 16.5. The third kappa shape index (κ3) is 4.01. The molecule has 1 amide bonds. The molecule has 4 rings (SSSR count). The number of fused-ring (bicyclic) bond motifs is 1. The lowest BCUT2D eigenvalue weighted by Gasteiger charge is -2.23. The summed E-state index contributed by atoms with van der Waals surface area (Å²) in [7, 11) is 1.35. The van der Waals surface area contributed by atoms with E-state index in [1.807, 2.05) is 13.0 Å². The summed E-state index contributed by atoms with van der Waals surface area (Å²) in [6.07, 6.45) is 8.53. The standard InChI is InChI=1S/C22H30N4O4/c1-3-26-19(22(28)29-2)18(25-21(27)14-9-10-30-13-14)17-11-16(12-23-20(17)26)24-15-7-5-4-6-8-15/h11-12,14-15,24H,3-10,13H2,1-2H3,(H,25,27)/t14-/m1/s1. The van der Waals surface area contributed by atoms with Crippen LogP contribution in [0.5, 0.6) is 0 Å². The molecule has 1 aliphatic carbocycles. The topological polar surface area (TPSA) is 94.5 Å². The predicted molar refractivity (Wildman–Crippen MR) is 115 cm³/mol. The lowest BCUT2D eigenvalue weighted by Crippen LogP contribution is -2.24. The fraction of sp³-hybridized carbons (Fsp3) is 0.591. The monoisotopic (exact) mass is 414 g/mol. The van der Waals surface area contributed by atoms with Gasteiger partial charge in [0.15, 0.2) is 5.69 Å². The van der Waals surface area contributed by atoms with Crippen LogP contribution in [0.1, 0.15) is 55.9 Å². The van der Waals surface area contributed by atoms with Gasteiger partial charge in [-0.15, -0.1) is 0 Å². The van der Waals surface area contributed by atoms with Gasteiger partial charge < -0.3 is 24.7 Å². The van der Waals surface area contributed by atoms with Crippen LogP contribution in [0.2, 0.25) is 0 Å². The van der Waals surface area contributed by atoms with Crippen molar-refractivity contribution in [2.45, 2.75) is 58.0 Å². The van der Waals surface area contributed by atoms with Crippen LogP contribution in [-0.2, 0) is 20.8 Å². The first kappa shape index (κ1) is 20.7. The Labute approximate surface area is 176 Å². The molecular weight excluding hydrogens is 384 g/mol. The predicted octanol–water partition coefficient (Wildman–Crippen LogP) is 3.56. The zero-order valence-electron chi connectivity index (χ0n) is 17.7. The number of ether oxygens (including phenoxy) is 2. The molecule has 0 aromatic carbocycles. The molecule has 0 spiro atoms. The van der Waals surface area contributed by atoms with Crippen molar-refractivity contribution in [1.82, 2.24) is 9.55 Å². The smallest absolute Gasteiger partial charge is 0.356 e. The van der Waals surface area contributed by atoms with Crippen molar-refractivity contribution in [2.75, 3.05) is 31.0 Å². The average Bonchev–Trinajstić information content (AvgIpc) is 3.41. The number of hydrogen-bond acceptors (Lipinski definition) is 6. The number of methoxy groups -OCH3 is 1. The minimum absolute atomic E-state index is 0.140. The highest BCUT2D eigenvalue weighted by Gasteiger charge is 2.29. The highest BCUT2D eigenvalue weighted by Crippen LogP contribution is 2.34. The first-order chi connectivity index (χ1) is 14.6. The minimum Gasteiger partial charge on any atom is -0.464 e. The average molecular weight is 415 g/mol. The van der Waals surface area contributed by atoms with Crippen molar-refractivity contribution in [3.63, 3.8) is 0 Å². The molecule has 2 aromatic heterocycles. The van der Waals surface area contributed by atoms with E-state index in [-0.39, 0.29) is 11.8 Å². The number of esters is 1. The molecular formula is C22H30N4O4. The zero-order valence-corrected chi connectivity index (χ0v) is 17.7. The summed E-state index contributed by atoms with van der Waals surface area (Å²) >= 11 is 0. The van der Waals surface area contributed by atoms with Gasteiger partial charge in [0.25, 0.3) is 0 Å². The Balaban J connectivity index is 1.74. The molecule has 1 atom stereocenters. The molecule has 2 aliphatic rings. The van der Waals surface area contributed by atoms with E-state index in [1.54, 1.807) is 10.8 Å². The number of nitrogens with zero attached hydrogens (tertiary/aromatic N) is 2. The van der Waals surface area contributed by atoms with E-state index in [1.165, 1.54) is 26.4 Å². The van der Waals surface area contributed by atoms with Crippen molar-refractivity contribution in [3.05, 3.63) is 18.0 Å². The molecule has 2 N–H and O–H groups in total.